The van der Waals surface area contributed by atoms with E-state index < -0.39 is 0 Å². The van der Waals surface area contributed by atoms with Gasteiger partial charge in [0, 0.05) is 45.8 Å². The molecule has 0 radical (unpaired) electrons. The predicted octanol–water partition coefficient (Wildman–Crippen LogP) is 0.724. The van der Waals surface area contributed by atoms with Gasteiger partial charge >= 0.3 is 0 Å². The summed E-state index contributed by atoms with van der Waals surface area (Å²) in [5.74, 6) is 1.76. The van der Waals surface area contributed by atoms with Crippen LogP contribution in [-0.2, 0) is 24.3 Å². The fraction of sp³-hybridized carbons (Fsp3) is 0.600. The van der Waals surface area contributed by atoms with E-state index in [9.17, 15) is 4.79 Å². The van der Waals surface area contributed by atoms with Crippen molar-refractivity contribution >= 4 is 5.91 Å². The predicted molar refractivity (Wildman–Crippen MR) is 82.1 cm³/mol. The lowest BCUT2D eigenvalue weighted by atomic mass is 10.2. The number of ether oxygens (including phenoxy) is 1. The molecule has 0 spiro atoms. The van der Waals surface area contributed by atoms with E-state index >= 15 is 0 Å². The summed E-state index contributed by atoms with van der Waals surface area (Å²) in [4.78, 5) is 20.7. The van der Waals surface area contributed by atoms with Crippen LogP contribution in [0.15, 0.2) is 15.1 Å². The van der Waals surface area contributed by atoms with Gasteiger partial charge in [0.05, 0.1) is 6.54 Å². The molecule has 24 heavy (non-hydrogen) atoms. The van der Waals surface area contributed by atoms with Crippen LogP contribution in [0.5, 0.6) is 0 Å². The van der Waals surface area contributed by atoms with Crippen molar-refractivity contribution in [3.63, 3.8) is 0 Å². The van der Waals surface area contributed by atoms with Gasteiger partial charge < -0.3 is 18.7 Å². The van der Waals surface area contributed by atoms with Gasteiger partial charge in [-0.05, 0) is 0 Å². The highest BCUT2D eigenvalue weighted by atomic mass is 16.5. The molecular weight excluding hydrogens is 314 g/mol. The van der Waals surface area contributed by atoms with E-state index in [4.69, 9.17) is 13.8 Å². The fourth-order valence-electron chi connectivity index (χ4n) is 2.59. The number of rotatable bonds is 6. The van der Waals surface area contributed by atoms with Crippen molar-refractivity contribution in [2.45, 2.75) is 26.5 Å². The normalized spacial score (nSPS) is 15.8. The van der Waals surface area contributed by atoms with Gasteiger partial charge in [-0.3, -0.25) is 9.69 Å². The van der Waals surface area contributed by atoms with E-state index in [2.05, 4.69) is 20.2 Å². The van der Waals surface area contributed by atoms with Crippen LogP contribution in [-0.4, -0.2) is 64.3 Å². The lowest BCUT2D eigenvalue weighted by Gasteiger charge is -2.33. The highest BCUT2D eigenvalue weighted by Crippen LogP contribution is 2.12. The molecule has 3 heterocycles. The molecule has 130 valence electrons. The van der Waals surface area contributed by atoms with Gasteiger partial charge in [0.1, 0.15) is 6.61 Å². The highest BCUT2D eigenvalue weighted by Gasteiger charge is 2.25. The summed E-state index contributed by atoms with van der Waals surface area (Å²) in [6.45, 7) is 5.68. The van der Waals surface area contributed by atoms with Crippen molar-refractivity contribution in [3.05, 3.63) is 29.2 Å². The number of carbonyl (C=O) groups is 1. The Morgan fingerprint density at radius 1 is 1.25 bits per heavy atom. The number of hydrogen-bond acceptors (Lipinski definition) is 8. The Labute approximate surface area is 139 Å². The van der Waals surface area contributed by atoms with Crippen LogP contribution in [0.1, 0.15) is 34.9 Å². The van der Waals surface area contributed by atoms with Crippen molar-refractivity contribution < 1.29 is 18.6 Å². The number of aromatic nitrogens is 3. The first kappa shape index (κ1) is 16.6. The summed E-state index contributed by atoms with van der Waals surface area (Å²) < 4.78 is 15.1. The van der Waals surface area contributed by atoms with Crippen LogP contribution >= 0.6 is 0 Å². The Balaban J connectivity index is 1.51. The number of nitrogens with zero attached hydrogens (tertiary/aromatic N) is 5. The van der Waals surface area contributed by atoms with Crippen LogP contribution in [0.25, 0.3) is 0 Å². The van der Waals surface area contributed by atoms with Gasteiger partial charge in [-0.1, -0.05) is 17.2 Å². The van der Waals surface area contributed by atoms with Crippen LogP contribution in [0.2, 0.25) is 0 Å². The molecular formula is C15H21N5O4. The van der Waals surface area contributed by atoms with E-state index in [1.54, 1.807) is 18.1 Å². The van der Waals surface area contributed by atoms with Gasteiger partial charge in [-0.25, -0.2) is 0 Å². The van der Waals surface area contributed by atoms with Crippen LogP contribution in [0, 0.1) is 0 Å². The Hall–Kier alpha value is -2.26. The Morgan fingerprint density at radius 2 is 2.04 bits per heavy atom. The molecule has 0 unspecified atom stereocenters. The summed E-state index contributed by atoms with van der Waals surface area (Å²) in [6.07, 6.45) is 0.734. The SMILES string of the molecule is CCc1nc(CN2CCN(C(=O)c3cc(COC)on3)CC2)no1. The lowest BCUT2D eigenvalue weighted by Crippen LogP contribution is -2.48. The molecule has 2 aromatic heterocycles. The molecule has 0 bridgehead atoms. The van der Waals surface area contributed by atoms with E-state index in [0.29, 0.717) is 49.4 Å². The van der Waals surface area contributed by atoms with Crippen LogP contribution < -0.4 is 0 Å². The van der Waals surface area contributed by atoms with Gasteiger partial charge in [0.15, 0.2) is 17.3 Å². The monoisotopic (exact) mass is 335 g/mol. The topological polar surface area (TPSA) is 97.7 Å². The molecule has 0 saturated carbocycles. The second kappa shape index (κ2) is 7.54. The standard InChI is InChI=1S/C15H21N5O4/c1-3-14-16-13(18-24-14)9-19-4-6-20(7-5-19)15(21)12-8-11(10-22-2)23-17-12/h8H,3-7,9-10H2,1-2H3. The molecule has 1 saturated heterocycles. The molecule has 0 aromatic carbocycles. The molecule has 2 aromatic rings. The van der Waals surface area contributed by atoms with E-state index in [0.717, 1.165) is 19.5 Å². The number of methoxy groups -OCH3 is 1. The van der Waals surface area contributed by atoms with E-state index in [1.165, 1.54) is 0 Å². The van der Waals surface area contributed by atoms with Crippen molar-refractivity contribution in [1.82, 2.24) is 25.1 Å². The van der Waals surface area contributed by atoms with Gasteiger partial charge in [0.2, 0.25) is 5.89 Å². The molecule has 0 atom stereocenters. The third-order valence-corrected chi connectivity index (χ3v) is 3.90. The van der Waals surface area contributed by atoms with Crippen molar-refractivity contribution in [2.75, 3.05) is 33.3 Å². The maximum absolute atomic E-state index is 12.4. The maximum Gasteiger partial charge on any atom is 0.276 e. The first-order valence-corrected chi connectivity index (χ1v) is 7.97. The molecule has 3 rings (SSSR count). The largest absolute Gasteiger partial charge is 0.377 e. The maximum atomic E-state index is 12.4. The second-order valence-corrected chi connectivity index (χ2v) is 5.64. The van der Waals surface area contributed by atoms with Crippen molar-refractivity contribution in [1.29, 1.82) is 0 Å². The average Bonchev–Trinajstić information content (AvgIpc) is 3.25. The first-order chi connectivity index (χ1) is 11.7. The molecule has 0 N–H and O–H groups in total. The Morgan fingerprint density at radius 3 is 2.71 bits per heavy atom. The van der Waals surface area contributed by atoms with Gasteiger partial charge in [0.25, 0.3) is 5.91 Å². The molecule has 1 amide bonds. The third kappa shape index (κ3) is 3.80. The number of piperazine rings is 1. The summed E-state index contributed by atoms with van der Waals surface area (Å²) in [6, 6.07) is 1.63. The minimum Gasteiger partial charge on any atom is -0.377 e. The minimum atomic E-state index is -0.117. The summed E-state index contributed by atoms with van der Waals surface area (Å²) in [7, 11) is 1.57. The smallest absolute Gasteiger partial charge is 0.276 e. The first-order valence-electron chi connectivity index (χ1n) is 7.97. The molecule has 9 heteroatoms. The average molecular weight is 335 g/mol. The Kier molecular flexibility index (Phi) is 5.21. The van der Waals surface area contributed by atoms with Gasteiger partial charge in [-0.2, -0.15) is 4.98 Å². The van der Waals surface area contributed by atoms with E-state index in [1.807, 2.05) is 6.92 Å². The summed E-state index contributed by atoms with van der Waals surface area (Å²) >= 11 is 0. The van der Waals surface area contributed by atoms with Crippen LogP contribution in [0.3, 0.4) is 0 Å². The number of hydrogen-bond donors (Lipinski definition) is 0. The second-order valence-electron chi connectivity index (χ2n) is 5.64. The lowest BCUT2D eigenvalue weighted by molar-refractivity contribution is 0.0614. The van der Waals surface area contributed by atoms with Crippen molar-refractivity contribution in [2.24, 2.45) is 0 Å². The summed E-state index contributed by atoms with van der Waals surface area (Å²) in [5.41, 5.74) is 0.321. The fourth-order valence-corrected chi connectivity index (χ4v) is 2.59. The van der Waals surface area contributed by atoms with Crippen molar-refractivity contribution in [3.8, 4) is 0 Å². The summed E-state index contributed by atoms with van der Waals surface area (Å²) in [5, 5.41) is 7.78. The zero-order valence-corrected chi connectivity index (χ0v) is 13.9. The highest BCUT2D eigenvalue weighted by molar-refractivity contribution is 5.92. The molecule has 1 aliphatic heterocycles. The quantitative estimate of drug-likeness (QED) is 0.762. The zero-order chi connectivity index (χ0) is 16.9. The minimum absolute atomic E-state index is 0.117. The van der Waals surface area contributed by atoms with E-state index in [-0.39, 0.29) is 5.91 Å². The molecule has 1 aliphatic rings. The zero-order valence-electron chi connectivity index (χ0n) is 13.9. The number of carbonyl (C=O) groups excluding carboxylic acids is 1. The molecule has 0 aliphatic carbocycles. The number of amides is 1. The number of aryl methyl sites for hydroxylation is 1. The third-order valence-electron chi connectivity index (χ3n) is 3.90. The molecule has 1 fully saturated rings. The Bertz CT molecular complexity index is 675. The van der Waals surface area contributed by atoms with Crippen LogP contribution in [0.4, 0.5) is 0 Å². The van der Waals surface area contributed by atoms with Gasteiger partial charge in [-0.15, -0.1) is 0 Å². The molecule has 9 nitrogen and oxygen atoms in total.